The quantitative estimate of drug-likeness (QED) is 0.563. The van der Waals surface area contributed by atoms with Crippen molar-refractivity contribution >= 4 is 29.0 Å². The van der Waals surface area contributed by atoms with Crippen molar-refractivity contribution in [3.8, 4) is 0 Å². The maximum absolute atomic E-state index is 5.82. The Bertz CT molecular complexity index is 198. The molecule has 0 aromatic heterocycles. The van der Waals surface area contributed by atoms with Crippen molar-refractivity contribution in [3.63, 3.8) is 0 Å². The van der Waals surface area contributed by atoms with Crippen molar-refractivity contribution in [2.24, 2.45) is 0 Å². The Labute approximate surface area is 77.3 Å². The standard InChI is InChI=1S/C8H9Cl.Al.3H/c1-2-7-5-3-4-6-8(7)9;;;;/h3-6H,2H2,1H3;;;;. The van der Waals surface area contributed by atoms with E-state index in [0.29, 0.717) is 0 Å². The van der Waals surface area contributed by atoms with Crippen LogP contribution in [0, 0.1) is 0 Å². The van der Waals surface area contributed by atoms with Crippen LogP contribution < -0.4 is 0 Å². The highest BCUT2D eigenvalue weighted by atomic mass is 35.5. The molecule has 0 aliphatic rings. The molecule has 0 saturated heterocycles. The second-order valence-electron chi connectivity index (χ2n) is 1.94. The van der Waals surface area contributed by atoms with E-state index in [1.165, 1.54) is 5.56 Å². The van der Waals surface area contributed by atoms with Gasteiger partial charge >= 0.3 is 0 Å². The Morgan fingerprint density at radius 1 is 1.30 bits per heavy atom. The number of benzene rings is 1. The first-order valence-electron chi connectivity index (χ1n) is 3.08. The highest BCUT2D eigenvalue weighted by Gasteiger charge is 1.91. The summed E-state index contributed by atoms with van der Waals surface area (Å²) >= 11 is 5.82. The monoisotopic (exact) mass is 170 g/mol. The third-order valence-electron chi connectivity index (χ3n) is 1.34. The van der Waals surface area contributed by atoms with Gasteiger partial charge in [0.1, 0.15) is 0 Å². The Morgan fingerprint density at radius 2 is 1.90 bits per heavy atom. The normalized spacial score (nSPS) is 8.60. The third kappa shape index (κ3) is 2.34. The number of hydrogen-bond donors (Lipinski definition) is 0. The fourth-order valence-electron chi connectivity index (χ4n) is 0.785. The lowest BCUT2D eigenvalue weighted by molar-refractivity contribution is 1.14. The Morgan fingerprint density at radius 3 is 2.30 bits per heavy atom. The van der Waals surface area contributed by atoms with Crippen LogP contribution in [-0.4, -0.2) is 17.4 Å². The van der Waals surface area contributed by atoms with Crippen molar-refractivity contribution in [2.45, 2.75) is 13.3 Å². The summed E-state index contributed by atoms with van der Waals surface area (Å²) in [5, 5.41) is 0.875. The number of hydrogen-bond acceptors (Lipinski definition) is 0. The van der Waals surface area contributed by atoms with Crippen molar-refractivity contribution in [1.82, 2.24) is 0 Å². The van der Waals surface area contributed by atoms with Gasteiger partial charge in [0, 0.05) is 5.02 Å². The average molecular weight is 171 g/mol. The van der Waals surface area contributed by atoms with E-state index in [0.717, 1.165) is 11.4 Å². The Kier molecular flexibility index (Phi) is 4.82. The molecule has 0 radical (unpaired) electrons. The van der Waals surface area contributed by atoms with Crippen LogP contribution in [0.15, 0.2) is 24.3 Å². The summed E-state index contributed by atoms with van der Waals surface area (Å²) in [4.78, 5) is 0. The molecule has 10 heavy (non-hydrogen) atoms. The summed E-state index contributed by atoms with van der Waals surface area (Å²) < 4.78 is 0. The minimum atomic E-state index is 0. The van der Waals surface area contributed by atoms with E-state index in [1.807, 2.05) is 24.3 Å². The first kappa shape index (κ1) is 10.0. The first-order chi connectivity index (χ1) is 4.34. The molecule has 0 saturated carbocycles. The molecule has 0 heterocycles. The zero-order valence-corrected chi connectivity index (χ0v) is 6.15. The summed E-state index contributed by atoms with van der Waals surface area (Å²) in [6.45, 7) is 2.10. The molecular weight excluding hydrogens is 159 g/mol. The van der Waals surface area contributed by atoms with Gasteiger partial charge in [0.25, 0.3) is 0 Å². The number of halogens is 1. The molecule has 1 aromatic carbocycles. The predicted molar refractivity (Wildman–Crippen MR) is 50.8 cm³/mol. The summed E-state index contributed by atoms with van der Waals surface area (Å²) in [6, 6.07) is 7.91. The van der Waals surface area contributed by atoms with Gasteiger partial charge in [-0.05, 0) is 18.1 Å². The van der Waals surface area contributed by atoms with Gasteiger partial charge in [-0.2, -0.15) is 0 Å². The molecule has 1 aromatic rings. The minimum Gasteiger partial charge on any atom is -0.0840 e. The van der Waals surface area contributed by atoms with Crippen molar-refractivity contribution < 1.29 is 0 Å². The molecule has 54 valence electrons. The molecular formula is C8H12AlCl. The van der Waals surface area contributed by atoms with Gasteiger partial charge in [0.15, 0.2) is 17.4 Å². The molecule has 2 heteroatoms. The molecule has 0 aliphatic heterocycles. The molecule has 0 spiro atoms. The van der Waals surface area contributed by atoms with Crippen molar-refractivity contribution in [3.05, 3.63) is 34.9 Å². The zero-order valence-electron chi connectivity index (χ0n) is 5.39. The number of aryl methyl sites for hydroxylation is 1. The maximum Gasteiger partial charge on any atom is 0.187 e. The fourth-order valence-corrected chi connectivity index (χ4v) is 1.05. The van der Waals surface area contributed by atoms with E-state index in [1.54, 1.807) is 0 Å². The van der Waals surface area contributed by atoms with E-state index in [4.69, 9.17) is 11.6 Å². The molecule has 0 atom stereocenters. The lowest BCUT2D eigenvalue weighted by atomic mass is 10.2. The lowest BCUT2D eigenvalue weighted by Gasteiger charge is -1.96. The molecule has 0 bridgehead atoms. The van der Waals surface area contributed by atoms with E-state index < -0.39 is 0 Å². The van der Waals surface area contributed by atoms with E-state index in [2.05, 4.69) is 6.92 Å². The van der Waals surface area contributed by atoms with Gasteiger partial charge in [-0.3, -0.25) is 0 Å². The van der Waals surface area contributed by atoms with Crippen molar-refractivity contribution in [1.29, 1.82) is 0 Å². The Hall–Kier alpha value is 0.0425. The molecule has 0 aliphatic carbocycles. The largest absolute Gasteiger partial charge is 0.187 e. The Balaban J connectivity index is 0.000000810. The van der Waals surface area contributed by atoms with Gasteiger partial charge in [0.05, 0.1) is 0 Å². The van der Waals surface area contributed by atoms with Gasteiger partial charge in [-0.25, -0.2) is 0 Å². The van der Waals surface area contributed by atoms with Crippen LogP contribution in [0.5, 0.6) is 0 Å². The van der Waals surface area contributed by atoms with Crippen LogP contribution in [0.1, 0.15) is 12.5 Å². The molecule has 0 nitrogen and oxygen atoms in total. The lowest BCUT2D eigenvalue weighted by Crippen LogP contribution is -1.78. The highest BCUT2D eigenvalue weighted by Crippen LogP contribution is 2.14. The van der Waals surface area contributed by atoms with Crippen LogP contribution in [-0.2, 0) is 6.42 Å². The second kappa shape index (κ2) is 4.80. The van der Waals surface area contributed by atoms with Crippen LogP contribution in [0.3, 0.4) is 0 Å². The fraction of sp³-hybridized carbons (Fsp3) is 0.250. The molecule has 1 rings (SSSR count). The third-order valence-corrected chi connectivity index (χ3v) is 1.71. The van der Waals surface area contributed by atoms with Crippen LogP contribution >= 0.6 is 11.6 Å². The summed E-state index contributed by atoms with van der Waals surface area (Å²) in [7, 11) is 0. The topological polar surface area (TPSA) is 0 Å². The first-order valence-corrected chi connectivity index (χ1v) is 3.45. The van der Waals surface area contributed by atoms with Gasteiger partial charge in [-0.1, -0.05) is 36.7 Å². The zero-order chi connectivity index (χ0) is 6.69. The van der Waals surface area contributed by atoms with Crippen molar-refractivity contribution in [2.75, 3.05) is 0 Å². The SMILES string of the molecule is CCc1ccccc1Cl.[AlH3]. The van der Waals surface area contributed by atoms with Gasteiger partial charge < -0.3 is 0 Å². The maximum atomic E-state index is 5.82. The summed E-state index contributed by atoms with van der Waals surface area (Å²) in [6.07, 6.45) is 1.01. The van der Waals surface area contributed by atoms with Gasteiger partial charge in [-0.15, -0.1) is 0 Å². The molecule has 0 unspecified atom stereocenters. The predicted octanol–water partition coefficient (Wildman–Crippen LogP) is 1.72. The van der Waals surface area contributed by atoms with Crippen LogP contribution in [0.4, 0.5) is 0 Å². The smallest absolute Gasteiger partial charge is 0.0840 e. The van der Waals surface area contributed by atoms with E-state index in [9.17, 15) is 0 Å². The minimum absolute atomic E-state index is 0. The molecule has 0 N–H and O–H groups in total. The van der Waals surface area contributed by atoms with Crippen LogP contribution in [0.25, 0.3) is 0 Å². The van der Waals surface area contributed by atoms with Gasteiger partial charge in [0.2, 0.25) is 0 Å². The average Bonchev–Trinajstić information content (AvgIpc) is 1.89. The summed E-state index contributed by atoms with van der Waals surface area (Å²) in [5.41, 5.74) is 1.22. The highest BCUT2D eigenvalue weighted by molar-refractivity contribution is 6.31. The molecule has 0 amide bonds. The number of rotatable bonds is 1. The van der Waals surface area contributed by atoms with E-state index in [-0.39, 0.29) is 17.4 Å². The van der Waals surface area contributed by atoms with E-state index >= 15 is 0 Å². The second-order valence-corrected chi connectivity index (χ2v) is 2.35. The molecule has 0 fully saturated rings. The summed E-state index contributed by atoms with van der Waals surface area (Å²) in [5.74, 6) is 0. The van der Waals surface area contributed by atoms with Crippen LogP contribution in [0.2, 0.25) is 5.02 Å².